The summed E-state index contributed by atoms with van der Waals surface area (Å²) in [4.78, 5) is 11.3. The summed E-state index contributed by atoms with van der Waals surface area (Å²) in [5.41, 5.74) is 5.93. The summed E-state index contributed by atoms with van der Waals surface area (Å²) in [6.07, 6.45) is 1.02. The molecule has 0 spiro atoms. The van der Waals surface area contributed by atoms with E-state index in [-0.39, 0.29) is 5.78 Å². The smallest absolute Gasteiger partial charge is 0.159 e. The summed E-state index contributed by atoms with van der Waals surface area (Å²) in [6, 6.07) is 14.2. The standard InChI is InChI=1S/C17H18O/c1-4-16-12(2)6-5-7-17(16)15-10-8-14(9-11-15)13(3)18/h5-11H,4H2,1-3H3. The summed E-state index contributed by atoms with van der Waals surface area (Å²) >= 11 is 0. The molecule has 1 heteroatoms. The number of aryl methyl sites for hydroxylation is 1. The summed E-state index contributed by atoms with van der Waals surface area (Å²) in [5, 5.41) is 0. The highest BCUT2D eigenvalue weighted by Gasteiger charge is 2.06. The van der Waals surface area contributed by atoms with E-state index in [0.29, 0.717) is 0 Å². The molecule has 0 heterocycles. The predicted molar refractivity (Wildman–Crippen MR) is 76.0 cm³/mol. The van der Waals surface area contributed by atoms with Gasteiger partial charge >= 0.3 is 0 Å². The molecule has 2 aromatic rings. The molecular weight excluding hydrogens is 220 g/mol. The third kappa shape index (κ3) is 2.35. The minimum absolute atomic E-state index is 0.113. The normalized spacial score (nSPS) is 10.4. The van der Waals surface area contributed by atoms with Crippen LogP contribution in [0.3, 0.4) is 0 Å². The lowest BCUT2D eigenvalue weighted by atomic mass is 9.94. The van der Waals surface area contributed by atoms with E-state index < -0.39 is 0 Å². The van der Waals surface area contributed by atoms with E-state index in [1.165, 1.54) is 22.3 Å². The van der Waals surface area contributed by atoms with Crippen molar-refractivity contribution in [3.05, 3.63) is 59.2 Å². The van der Waals surface area contributed by atoms with Crippen LogP contribution in [-0.2, 0) is 6.42 Å². The number of carbonyl (C=O) groups excluding carboxylic acids is 1. The second-order valence-electron chi connectivity index (χ2n) is 4.59. The Morgan fingerprint density at radius 3 is 2.28 bits per heavy atom. The molecule has 18 heavy (non-hydrogen) atoms. The fourth-order valence-corrected chi connectivity index (χ4v) is 2.33. The molecule has 1 nitrogen and oxygen atoms in total. The van der Waals surface area contributed by atoms with E-state index in [9.17, 15) is 4.79 Å². The highest BCUT2D eigenvalue weighted by molar-refractivity contribution is 5.94. The van der Waals surface area contributed by atoms with Crippen molar-refractivity contribution in [1.29, 1.82) is 0 Å². The molecule has 0 fully saturated rings. The van der Waals surface area contributed by atoms with Gasteiger partial charge in [-0.15, -0.1) is 0 Å². The minimum Gasteiger partial charge on any atom is -0.295 e. The van der Waals surface area contributed by atoms with E-state index in [2.05, 4.69) is 32.0 Å². The molecule has 0 aliphatic carbocycles. The Morgan fingerprint density at radius 1 is 1.06 bits per heavy atom. The average molecular weight is 238 g/mol. The van der Waals surface area contributed by atoms with Crippen LogP contribution in [0.2, 0.25) is 0 Å². The van der Waals surface area contributed by atoms with Crippen molar-refractivity contribution in [3.8, 4) is 11.1 Å². The Bertz CT molecular complexity index is 565. The summed E-state index contributed by atoms with van der Waals surface area (Å²) in [5.74, 6) is 0.113. The molecule has 0 atom stereocenters. The van der Waals surface area contributed by atoms with Gasteiger partial charge in [0.15, 0.2) is 5.78 Å². The van der Waals surface area contributed by atoms with Crippen LogP contribution in [-0.4, -0.2) is 5.78 Å². The average Bonchev–Trinajstić information content (AvgIpc) is 2.38. The number of ketones is 1. The third-order valence-electron chi connectivity index (χ3n) is 3.37. The van der Waals surface area contributed by atoms with Crippen LogP contribution in [0.5, 0.6) is 0 Å². The lowest BCUT2D eigenvalue weighted by Crippen LogP contribution is -1.94. The molecule has 0 unspecified atom stereocenters. The Hall–Kier alpha value is -1.89. The maximum atomic E-state index is 11.3. The fraction of sp³-hybridized carbons (Fsp3) is 0.235. The number of rotatable bonds is 3. The first-order chi connectivity index (χ1) is 8.63. The van der Waals surface area contributed by atoms with Crippen molar-refractivity contribution < 1.29 is 4.79 Å². The topological polar surface area (TPSA) is 17.1 Å². The third-order valence-corrected chi connectivity index (χ3v) is 3.37. The molecule has 0 amide bonds. The van der Waals surface area contributed by atoms with Crippen LogP contribution in [0.25, 0.3) is 11.1 Å². The molecule has 2 aromatic carbocycles. The highest BCUT2D eigenvalue weighted by atomic mass is 16.1. The molecule has 0 bridgehead atoms. The van der Waals surface area contributed by atoms with Gasteiger partial charge in [0, 0.05) is 5.56 Å². The van der Waals surface area contributed by atoms with Crippen LogP contribution in [0, 0.1) is 6.92 Å². The molecule has 0 aliphatic heterocycles. The van der Waals surface area contributed by atoms with Gasteiger partial charge in [-0.05, 0) is 42.5 Å². The van der Waals surface area contributed by atoms with E-state index >= 15 is 0 Å². The molecule has 0 N–H and O–H groups in total. The van der Waals surface area contributed by atoms with Gasteiger partial charge in [0.1, 0.15) is 0 Å². The molecule has 0 aliphatic rings. The SMILES string of the molecule is CCc1c(C)cccc1-c1ccc(C(C)=O)cc1. The van der Waals surface area contributed by atoms with Crippen molar-refractivity contribution in [2.24, 2.45) is 0 Å². The van der Waals surface area contributed by atoms with E-state index in [0.717, 1.165) is 12.0 Å². The van der Waals surface area contributed by atoms with Crippen molar-refractivity contribution >= 4 is 5.78 Å². The molecule has 0 saturated carbocycles. The zero-order chi connectivity index (χ0) is 13.1. The predicted octanol–water partition coefficient (Wildman–Crippen LogP) is 4.43. The minimum atomic E-state index is 0.113. The molecule has 2 rings (SSSR count). The molecule has 92 valence electrons. The first kappa shape index (κ1) is 12.6. The van der Waals surface area contributed by atoms with Gasteiger partial charge in [0.2, 0.25) is 0 Å². The van der Waals surface area contributed by atoms with Crippen LogP contribution >= 0.6 is 0 Å². The van der Waals surface area contributed by atoms with Gasteiger partial charge in [-0.1, -0.05) is 49.4 Å². The maximum Gasteiger partial charge on any atom is 0.159 e. The second kappa shape index (κ2) is 5.18. The molecular formula is C17H18O. The quantitative estimate of drug-likeness (QED) is 0.723. The largest absolute Gasteiger partial charge is 0.295 e. The van der Waals surface area contributed by atoms with Crippen molar-refractivity contribution in [2.75, 3.05) is 0 Å². The Balaban J connectivity index is 2.49. The van der Waals surface area contributed by atoms with Crippen LogP contribution in [0.15, 0.2) is 42.5 Å². The maximum absolute atomic E-state index is 11.3. The van der Waals surface area contributed by atoms with Gasteiger partial charge in [-0.25, -0.2) is 0 Å². The first-order valence-electron chi connectivity index (χ1n) is 6.33. The highest BCUT2D eigenvalue weighted by Crippen LogP contribution is 2.26. The Labute approximate surface area is 108 Å². The first-order valence-corrected chi connectivity index (χ1v) is 6.33. The summed E-state index contributed by atoms with van der Waals surface area (Å²) in [7, 11) is 0. The number of hydrogen-bond donors (Lipinski definition) is 0. The van der Waals surface area contributed by atoms with E-state index in [4.69, 9.17) is 0 Å². The van der Waals surface area contributed by atoms with E-state index in [1.54, 1.807) is 6.92 Å². The van der Waals surface area contributed by atoms with Gasteiger partial charge in [0.25, 0.3) is 0 Å². The van der Waals surface area contributed by atoms with Crippen molar-refractivity contribution in [2.45, 2.75) is 27.2 Å². The fourth-order valence-electron chi connectivity index (χ4n) is 2.33. The lowest BCUT2D eigenvalue weighted by Gasteiger charge is -2.11. The zero-order valence-electron chi connectivity index (χ0n) is 11.2. The van der Waals surface area contributed by atoms with Gasteiger partial charge < -0.3 is 0 Å². The Kier molecular flexibility index (Phi) is 3.61. The van der Waals surface area contributed by atoms with Gasteiger partial charge in [0.05, 0.1) is 0 Å². The van der Waals surface area contributed by atoms with Gasteiger partial charge in [-0.3, -0.25) is 4.79 Å². The molecule has 0 aromatic heterocycles. The molecule has 0 radical (unpaired) electrons. The van der Waals surface area contributed by atoms with Crippen LogP contribution < -0.4 is 0 Å². The van der Waals surface area contributed by atoms with Crippen LogP contribution in [0.4, 0.5) is 0 Å². The van der Waals surface area contributed by atoms with Crippen molar-refractivity contribution in [3.63, 3.8) is 0 Å². The number of carbonyl (C=O) groups is 1. The molecule has 0 saturated heterocycles. The monoisotopic (exact) mass is 238 g/mol. The van der Waals surface area contributed by atoms with E-state index in [1.807, 2.05) is 24.3 Å². The van der Waals surface area contributed by atoms with Crippen LogP contribution in [0.1, 0.15) is 35.3 Å². The van der Waals surface area contributed by atoms with Crippen molar-refractivity contribution in [1.82, 2.24) is 0 Å². The zero-order valence-corrected chi connectivity index (χ0v) is 11.2. The number of hydrogen-bond acceptors (Lipinski definition) is 1. The number of benzene rings is 2. The summed E-state index contributed by atoms with van der Waals surface area (Å²) in [6.45, 7) is 5.92. The second-order valence-corrected chi connectivity index (χ2v) is 4.59. The lowest BCUT2D eigenvalue weighted by molar-refractivity contribution is 0.101. The number of Topliss-reactive ketones (excluding diaryl/α,β-unsaturated/α-hetero) is 1. The Morgan fingerprint density at radius 2 is 1.72 bits per heavy atom. The van der Waals surface area contributed by atoms with Gasteiger partial charge in [-0.2, -0.15) is 0 Å². The summed E-state index contributed by atoms with van der Waals surface area (Å²) < 4.78 is 0.